The average molecular weight is 320 g/mol. The van der Waals surface area contributed by atoms with Gasteiger partial charge in [0, 0.05) is 37.4 Å². The number of pyridine rings is 1. The minimum Gasteiger partial charge on any atom is -0.389 e. The van der Waals surface area contributed by atoms with E-state index < -0.39 is 11.0 Å². The molecule has 0 aromatic carbocycles. The van der Waals surface area contributed by atoms with E-state index in [4.69, 9.17) is 4.74 Å². The zero-order chi connectivity index (χ0) is 13.7. The minimum atomic E-state index is -0.731. The second-order valence-corrected chi connectivity index (χ2v) is 4.66. The first-order valence-corrected chi connectivity index (χ1v) is 5.93. The van der Waals surface area contributed by atoms with Crippen molar-refractivity contribution in [1.82, 2.24) is 4.98 Å². The summed E-state index contributed by atoms with van der Waals surface area (Å²) in [5.41, 5.74) is -0.114. The number of hydrogen-bond acceptors (Lipinski definition) is 6. The molecule has 1 atom stereocenters. The summed E-state index contributed by atoms with van der Waals surface area (Å²) in [7, 11) is 3.10. The highest BCUT2D eigenvalue weighted by Crippen LogP contribution is 2.27. The van der Waals surface area contributed by atoms with Gasteiger partial charge in [-0.3, -0.25) is 10.1 Å². The van der Waals surface area contributed by atoms with Gasteiger partial charge >= 0.3 is 5.69 Å². The van der Waals surface area contributed by atoms with Crippen LogP contribution in [0.15, 0.2) is 16.7 Å². The molecule has 0 saturated carbocycles. The molecule has 7 nitrogen and oxygen atoms in total. The molecule has 1 N–H and O–H groups in total. The standard InChI is InChI=1S/C10H14BrN3O4/c1-13(5-8(15)6-18-2)10-9(14(16)17)3-7(11)4-12-10/h3-4,8,15H,5-6H2,1-2H3. The molecular weight excluding hydrogens is 306 g/mol. The van der Waals surface area contributed by atoms with Crippen LogP contribution < -0.4 is 4.90 Å². The van der Waals surface area contributed by atoms with Crippen molar-refractivity contribution in [1.29, 1.82) is 0 Å². The van der Waals surface area contributed by atoms with E-state index in [0.717, 1.165) is 0 Å². The summed E-state index contributed by atoms with van der Waals surface area (Å²) in [6.45, 7) is 0.359. The van der Waals surface area contributed by atoms with E-state index in [2.05, 4.69) is 20.9 Å². The van der Waals surface area contributed by atoms with Gasteiger partial charge in [-0.1, -0.05) is 0 Å². The zero-order valence-electron chi connectivity index (χ0n) is 10.0. The van der Waals surface area contributed by atoms with Crippen LogP contribution in [0, 0.1) is 10.1 Å². The quantitative estimate of drug-likeness (QED) is 0.626. The lowest BCUT2D eigenvalue weighted by molar-refractivity contribution is -0.384. The Hall–Kier alpha value is -1.25. The first-order chi connectivity index (χ1) is 8.45. The molecule has 0 amide bonds. The lowest BCUT2D eigenvalue weighted by Gasteiger charge is -2.21. The molecule has 0 aliphatic carbocycles. The Morgan fingerprint density at radius 2 is 2.39 bits per heavy atom. The van der Waals surface area contributed by atoms with Gasteiger partial charge < -0.3 is 14.7 Å². The third-order valence-electron chi connectivity index (χ3n) is 2.22. The van der Waals surface area contributed by atoms with Crippen molar-refractivity contribution in [2.24, 2.45) is 0 Å². The molecule has 0 radical (unpaired) electrons. The van der Waals surface area contributed by atoms with Gasteiger partial charge in [-0.15, -0.1) is 0 Å². The highest BCUT2D eigenvalue weighted by molar-refractivity contribution is 9.10. The van der Waals surface area contributed by atoms with Gasteiger partial charge in [0.15, 0.2) is 0 Å². The Kier molecular flexibility index (Phi) is 5.45. The number of anilines is 1. The van der Waals surface area contributed by atoms with Crippen molar-refractivity contribution >= 4 is 27.4 Å². The number of halogens is 1. The molecule has 8 heteroatoms. The average Bonchev–Trinajstić information content (AvgIpc) is 2.28. The Morgan fingerprint density at radius 1 is 1.72 bits per heavy atom. The molecule has 1 heterocycles. The molecule has 1 unspecified atom stereocenters. The maximum absolute atomic E-state index is 10.9. The van der Waals surface area contributed by atoms with Crippen LogP contribution in [0.4, 0.5) is 11.5 Å². The number of aliphatic hydroxyl groups excluding tert-OH is 1. The Labute approximate surface area is 113 Å². The predicted molar refractivity (Wildman–Crippen MR) is 69.7 cm³/mol. The monoisotopic (exact) mass is 319 g/mol. The fourth-order valence-corrected chi connectivity index (χ4v) is 1.82. The van der Waals surface area contributed by atoms with E-state index in [1.807, 2.05) is 0 Å². The van der Waals surface area contributed by atoms with Gasteiger partial charge in [-0.2, -0.15) is 0 Å². The summed E-state index contributed by atoms with van der Waals surface area (Å²) in [5, 5.41) is 20.5. The van der Waals surface area contributed by atoms with Crippen LogP contribution in [0.5, 0.6) is 0 Å². The molecule has 0 spiro atoms. The largest absolute Gasteiger partial charge is 0.389 e. The molecule has 0 bridgehead atoms. The van der Waals surface area contributed by atoms with Crippen molar-refractivity contribution in [3.8, 4) is 0 Å². The lowest BCUT2D eigenvalue weighted by Crippen LogP contribution is -2.32. The molecule has 1 rings (SSSR count). The molecule has 1 aromatic heterocycles. The van der Waals surface area contributed by atoms with Crippen LogP contribution in [0.25, 0.3) is 0 Å². The van der Waals surface area contributed by atoms with Gasteiger partial charge in [-0.05, 0) is 15.9 Å². The second kappa shape index (κ2) is 6.62. The minimum absolute atomic E-state index is 0.114. The number of aromatic nitrogens is 1. The van der Waals surface area contributed by atoms with E-state index >= 15 is 0 Å². The van der Waals surface area contributed by atoms with Gasteiger partial charge in [-0.25, -0.2) is 4.98 Å². The van der Waals surface area contributed by atoms with Crippen LogP contribution in [-0.4, -0.2) is 48.4 Å². The predicted octanol–water partition coefficient (Wildman–Crippen LogP) is 1.20. The SMILES string of the molecule is COCC(O)CN(C)c1ncc(Br)cc1[N+](=O)[O-]. The Balaban J connectivity index is 2.91. The summed E-state index contributed by atoms with van der Waals surface area (Å²) in [6, 6.07) is 1.38. The molecule has 1 aromatic rings. The first-order valence-electron chi connectivity index (χ1n) is 5.13. The van der Waals surface area contributed by atoms with Crippen molar-refractivity contribution in [2.75, 3.05) is 32.2 Å². The highest BCUT2D eigenvalue weighted by Gasteiger charge is 2.21. The first kappa shape index (κ1) is 14.8. The second-order valence-electron chi connectivity index (χ2n) is 3.74. The number of rotatable bonds is 6. The van der Waals surface area contributed by atoms with Crippen molar-refractivity contribution in [3.63, 3.8) is 0 Å². The smallest absolute Gasteiger partial charge is 0.312 e. The highest BCUT2D eigenvalue weighted by atomic mass is 79.9. The molecular formula is C10H14BrN3O4. The van der Waals surface area contributed by atoms with Gasteiger partial charge in [0.25, 0.3) is 0 Å². The maximum atomic E-state index is 10.9. The van der Waals surface area contributed by atoms with Crippen LogP contribution in [-0.2, 0) is 4.74 Å². The summed E-state index contributed by atoms with van der Waals surface area (Å²) < 4.78 is 5.33. The number of methoxy groups -OCH3 is 1. The normalized spacial score (nSPS) is 12.2. The van der Waals surface area contributed by atoms with E-state index in [1.165, 1.54) is 24.3 Å². The van der Waals surface area contributed by atoms with Crippen LogP contribution >= 0.6 is 15.9 Å². The third kappa shape index (κ3) is 3.90. The Bertz CT molecular complexity index is 430. The number of aliphatic hydroxyl groups is 1. The number of likely N-dealkylation sites (N-methyl/N-ethyl adjacent to an activating group) is 1. The van der Waals surface area contributed by atoms with Crippen molar-refractivity contribution in [2.45, 2.75) is 6.10 Å². The molecule has 0 fully saturated rings. The van der Waals surface area contributed by atoms with E-state index in [0.29, 0.717) is 4.47 Å². The van der Waals surface area contributed by atoms with Crippen LogP contribution in [0.3, 0.4) is 0 Å². The fraction of sp³-hybridized carbons (Fsp3) is 0.500. The van der Waals surface area contributed by atoms with E-state index in [1.54, 1.807) is 7.05 Å². The van der Waals surface area contributed by atoms with Gasteiger partial charge in [0.05, 0.1) is 17.6 Å². The summed E-state index contributed by atoms with van der Waals surface area (Å²) in [5.74, 6) is 0.207. The Morgan fingerprint density at radius 3 is 2.94 bits per heavy atom. The number of nitro groups is 1. The number of ether oxygens (including phenoxy) is 1. The number of nitrogens with zero attached hydrogens (tertiary/aromatic N) is 3. The topological polar surface area (TPSA) is 88.7 Å². The molecule has 0 aliphatic rings. The van der Waals surface area contributed by atoms with Crippen molar-refractivity contribution < 1.29 is 14.8 Å². The van der Waals surface area contributed by atoms with E-state index in [9.17, 15) is 15.2 Å². The zero-order valence-corrected chi connectivity index (χ0v) is 11.6. The fourth-order valence-electron chi connectivity index (χ4n) is 1.50. The van der Waals surface area contributed by atoms with Crippen LogP contribution in [0.1, 0.15) is 0 Å². The molecule has 100 valence electrons. The lowest BCUT2D eigenvalue weighted by atomic mass is 10.3. The number of hydrogen-bond donors (Lipinski definition) is 1. The van der Waals surface area contributed by atoms with Gasteiger partial charge in [0.2, 0.25) is 5.82 Å². The summed E-state index contributed by atoms with van der Waals surface area (Å²) in [4.78, 5) is 15.9. The van der Waals surface area contributed by atoms with Crippen LogP contribution in [0.2, 0.25) is 0 Å². The molecule has 0 aliphatic heterocycles. The maximum Gasteiger partial charge on any atom is 0.312 e. The molecule has 18 heavy (non-hydrogen) atoms. The third-order valence-corrected chi connectivity index (χ3v) is 2.65. The van der Waals surface area contributed by atoms with E-state index in [-0.39, 0.29) is 24.7 Å². The van der Waals surface area contributed by atoms with Crippen molar-refractivity contribution in [3.05, 3.63) is 26.9 Å². The summed E-state index contributed by atoms with van der Waals surface area (Å²) in [6.07, 6.45) is 0.742. The molecule has 0 saturated heterocycles. The van der Waals surface area contributed by atoms with Gasteiger partial charge in [0.1, 0.15) is 0 Å². The summed E-state index contributed by atoms with van der Waals surface area (Å²) >= 11 is 3.13.